The third-order valence-electron chi connectivity index (χ3n) is 1.69. The van der Waals surface area contributed by atoms with Crippen molar-refractivity contribution in [3.05, 3.63) is 36.5 Å². The number of carbonyl (C=O) groups is 1. The van der Waals surface area contributed by atoms with Crippen molar-refractivity contribution in [2.24, 2.45) is 0 Å². The van der Waals surface area contributed by atoms with Gasteiger partial charge >= 0.3 is 5.97 Å². The molecule has 0 saturated carbocycles. The molecule has 1 N–H and O–H groups in total. The molecule has 74 valence electrons. The first-order valence-corrected chi connectivity index (χ1v) is 4.10. The maximum atomic E-state index is 10.7. The van der Waals surface area contributed by atoms with E-state index in [9.17, 15) is 4.79 Å². The minimum Gasteiger partial charge on any atom is -0.477 e. The van der Waals surface area contributed by atoms with Gasteiger partial charge in [-0.1, -0.05) is 0 Å². The predicted octanol–water partition coefficient (Wildman–Crippen LogP) is 0.632. The molecular formula is C9H6N4O2. The molecule has 2 aromatic heterocycles. The van der Waals surface area contributed by atoms with Gasteiger partial charge in [0.05, 0.1) is 0 Å². The van der Waals surface area contributed by atoms with Crippen LogP contribution in [0, 0.1) is 0 Å². The maximum absolute atomic E-state index is 10.7. The van der Waals surface area contributed by atoms with Gasteiger partial charge in [-0.25, -0.2) is 24.7 Å². The quantitative estimate of drug-likeness (QED) is 0.768. The molecule has 0 amide bonds. The van der Waals surface area contributed by atoms with E-state index in [1.165, 1.54) is 18.6 Å². The Labute approximate surface area is 84.7 Å². The highest BCUT2D eigenvalue weighted by atomic mass is 16.4. The van der Waals surface area contributed by atoms with Crippen LogP contribution in [0.4, 0.5) is 0 Å². The Morgan fingerprint density at radius 3 is 2.73 bits per heavy atom. The minimum absolute atomic E-state index is 0.0568. The van der Waals surface area contributed by atoms with E-state index in [4.69, 9.17) is 5.11 Å². The Morgan fingerprint density at radius 2 is 2.07 bits per heavy atom. The minimum atomic E-state index is -1.09. The van der Waals surface area contributed by atoms with E-state index in [1.54, 1.807) is 12.3 Å². The molecule has 0 unspecified atom stereocenters. The molecule has 0 radical (unpaired) electrons. The second-order valence-corrected chi connectivity index (χ2v) is 2.67. The first-order chi connectivity index (χ1) is 7.27. The number of nitrogens with zero attached hydrogens (tertiary/aromatic N) is 4. The highest BCUT2D eigenvalue weighted by Crippen LogP contribution is 2.09. The number of carboxylic acid groups (broad SMARTS) is 1. The Morgan fingerprint density at radius 1 is 1.20 bits per heavy atom. The molecule has 0 aliphatic heterocycles. The molecular weight excluding hydrogens is 196 g/mol. The largest absolute Gasteiger partial charge is 0.477 e. The smallest absolute Gasteiger partial charge is 0.354 e. The van der Waals surface area contributed by atoms with Crippen molar-refractivity contribution in [2.45, 2.75) is 0 Å². The molecule has 2 rings (SSSR count). The predicted molar refractivity (Wildman–Crippen MR) is 50.0 cm³/mol. The SMILES string of the molecule is O=C(O)c1ccnc(-c2ccncn2)n1. The lowest BCUT2D eigenvalue weighted by Gasteiger charge is -1.98. The average molecular weight is 202 g/mol. The Balaban J connectivity index is 2.46. The van der Waals surface area contributed by atoms with E-state index in [0.29, 0.717) is 5.69 Å². The monoisotopic (exact) mass is 202 g/mol. The number of aromatic carboxylic acids is 1. The summed E-state index contributed by atoms with van der Waals surface area (Å²) in [6.45, 7) is 0. The van der Waals surface area contributed by atoms with Crippen molar-refractivity contribution in [3.8, 4) is 11.5 Å². The van der Waals surface area contributed by atoms with Crippen LogP contribution in [0.3, 0.4) is 0 Å². The molecule has 0 fully saturated rings. The van der Waals surface area contributed by atoms with Gasteiger partial charge in [0, 0.05) is 12.4 Å². The third kappa shape index (κ3) is 1.93. The lowest BCUT2D eigenvalue weighted by atomic mass is 10.3. The van der Waals surface area contributed by atoms with Crippen LogP contribution in [-0.4, -0.2) is 31.0 Å². The molecule has 0 aliphatic rings. The summed E-state index contributed by atoms with van der Waals surface area (Å²) < 4.78 is 0. The fourth-order valence-electron chi connectivity index (χ4n) is 1.02. The summed E-state index contributed by atoms with van der Waals surface area (Å²) in [7, 11) is 0. The summed E-state index contributed by atoms with van der Waals surface area (Å²) in [6, 6.07) is 2.94. The standard InChI is InChI=1S/C9H6N4O2/c14-9(15)7-2-4-11-8(13-7)6-1-3-10-5-12-6/h1-5H,(H,14,15). The normalized spacial score (nSPS) is 9.87. The van der Waals surface area contributed by atoms with Gasteiger partial charge in [0.15, 0.2) is 11.5 Å². The zero-order valence-electron chi connectivity index (χ0n) is 7.53. The lowest BCUT2D eigenvalue weighted by Crippen LogP contribution is -2.02. The summed E-state index contributed by atoms with van der Waals surface area (Å²) >= 11 is 0. The van der Waals surface area contributed by atoms with Gasteiger partial charge in [0.25, 0.3) is 0 Å². The number of rotatable bonds is 2. The van der Waals surface area contributed by atoms with Crippen molar-refractivity contribution in [3.63, 3.8) is 0 Å². The van der Waals surface area contributed by atoms with Gasteiger partial charge < -0.3 is 5.11 Å². The van der Waals surface area contributed by atoms with E-state index >= 15 is 0 Å². The van der Waals surface area contributed by atoms with Crippen molar-refractivity contribution in [2.75, 3.05) is 0 Å². The van der Waals surface area contributed by atoms with Gasteiger partial charge in [-0.15, -0.1) is 0 Å². The van der Waals surface area contributed by atoms with Crippen LogP contribution in [0.2, 0.25) is 0 Å². The number of aromatic nitrogens is 4. The Hall–Kier alpha value is -2.37. The maximum Gasteiger partial charge on any atom is 0.354 e. The van der Waals surface area contributed by atoms with E-state index in [-0.39, 0.29) is 11.5 Å². The van der Waals surface area contributed by atoms with E-state index < -0.39 is 5.97 Å². The molecule has 15 heavy (non-hydrogen) atoms. The molecule has 0 bridgehead atoms. The van der Waals surface area contributed by atoms with Crippen molar-refractivity contribution < 1.29 is 9.90 Å². The topological polar surface area (TPSA) is 88.9 Å². The van der Waals surface area contributed by atoms with E-state index in [2.05, 4.69) is 19.9 Å². The highest BCUT2D eigenvalue weighted by Gasteiger charge is 2.07. The summed E-state index contributed by atoms with van der Waals surface area (Å²) in [6.07, 6.45) is 4.28. The molecule has 0 aromatic carbocycles. The summed E-state index contributed by atoms with van der Waals surface area (Å²) in [4.78, 5) is 26.1. The molecule has 0 spiro atoms. The average Bonchev–Trinajstić information content (AvgIpc) is 2.30. The van der Waals surface area contributed by atoms with Gasteiger partial charge in [-0.3, -0.25) is 0 Å². The highest BCUT2D eigenvalue weighted by molar-refractivity contribution is 5.85. The molecule has 0 aliphatic carbocycles. The van der Waals surface area contributed by atoms with Crippen LogP contribution >= 0.6 is 0 Å². The molecule has 6 heteroatoms. The fraction of sp³-hybridized carbons (Fsp3) is 0. The van der Waals surface area contributed by atoms with Gasteiger partial charge in [0.1, 0.15) is 12.0 Å². The van der Waals surface area contributed by atoms with Crippen molar-refractivity contribution >= 4 is 5.97 Å². The first kappa shape index (κ1) is 9.20. The molecule has 0 saturated heterocycles. The molecule has 2 heterocycles. The molecule has 2 aromatic rings. The molecule has 0 atom stereocenters. The first-order valence-electron chi connectivity index (χ1n) is 4.10. The van der Waals surface area contributed by atoms with Crippen LogP contribution in [0.5, 0.6) is 0 Å². The second kappa shape index (κ2) is 3.79. The van der Waals surface area contributed by atoms with Crippen molar-refractivity contribution in [1.82, 2.24) is 19.9 Å². The van der Waals surface area contributed by atoms with Gasteiger partial charge in [-0.2, -0.15) is 0 Å². The number of hydrogen-bond donors (Lipinski definition) is 1. The summed E-state index contributed by atoms with van der Waals surface area (Å²) in [5.74, 6) is -0.815. The summed E-state index contributed by atoms with van der Waals surface area (Å²) in [5, 5.41) is 8.73. The second-order valence-electron chi connectivity index (χ2n) is 2.67. The van der Waals surface area contributed by atoms with E-state index in [0.717, 1.165) is 0 Å². The lowest BCUT2D eigenvalue weighted by molar-refractivity contribution is 0.0690. The van der Waals surface area contributed by atoms with Crippen molar-refractivity contribution in [1.29, 1.82) is 0 Å². The number of hydrogen-bond acceptors (Lipinski definition) is 5. The van der Waals surface area contributed by atoms with Crippen LogP contribution in [0.25, 0.3) is 11.5 Å². The zero-order valence-corrected chi connectivity index (χ0v) is 7.53. The van der Waals surface area contributed by atoms with Crippen LogP contribution < -0.4 is 0 Å². The van der Waals surface area contributed by atoms with Crippen LogP contribution in [-0.2, 0) is 0 Å². The zero-order chi connectivity index (χ0) is 10.7. The van der Waals surface area contributed by atoms with Gasteiger partial charge in [0.2, 0.25) is 0 Å². The summed E-state index contributed by atoms with van der Waals surface area (Å²) in [5.41, 5.74) is 0.437. The van der Waals surface area contributed by atoms with Gasteiger partial charge in [-0.05, 0) is 12.1 Å². The molecule has 6 nitrogen and oxygen atoms in total. The number of carboxylic acids is 1. The third-order valence-corrected chi connectivity index (χ3v) is 1.69. The van der Waals surface area contributed by atoms with Crippen LogP contribution in [0.1, 0.15) is 10.5 Å². The van der Waals surface area contributed by atoms with Crippen LogP contribution in [0.15, 0.2) is 30.9 Å². The Kier molecular flexibility index (Phi) is 2.32. The Bertz CT molecular complexity index is 486. The fourth-order valence-corrected chi connectivity index (χ4v) is 1.02. The van der Waals surface area contributed by atoms with E-state index in [1.807, 2.05) is 0 Å².